The maximum Gasteiger partial charge on any atom is 0.262 e. The van der Waals surface area contributed by atoms with Crippen molar-refractivity contribution in [3.8, 4) is 11.5 Å². The fourth-order valence-electron chi connectivity index (χ4n) is 7.73. The lowest BCUT2D eigenvalue weighted by Gasteiger charge is -2.41. The van der Waals surface area contributed by atoms with Crippen molar-refractivity contribution >= 4 is 55.4 Å². The minimum atomic E-state index is -1.68. The number of amides is 2. The van der Waals surface area contributed by atoms with Crippen molar-refractivity contribution in [2.45, 2.75) is 43.9 Å². The number of aromatic amines is 1. The Labute approximate surface area is 302 Å². The van der Waals surface area contributed by atoms with Crippen molar-refractivity contribution in [1.82, 2.24) is 14.5 Å². The Bertz CT molecular complexity index is 2560. The lowest BCUT2D eigenvalue weighted by atomic mass is 9.96. The number of hydrogen-bond donors (Lipinski definition) is 5. The van der Waals surface area contributed by atoms with Crippen LogP contribution in [0.1, 0.15) is 38.1 Å². The van der Waals surface area contributed by atoms with Gasteiger partial charge >= 0.3 is 0 Å². The number of H-pyrrole nitrogens is 1. The number of imide groups is 1. The quantitative estimate of drug-likeness (QED) is 0.139. The maximum atomic E-state index is 14.1. The summed E-state index contributed by atoms with van der Waals surface area (Å²) in [5, 5.41) is 45.5. The molecule has 2 aliphatic heterocycles. The van der Waals surface area contributed by atoms with Crippen molar-refractivity contribution < 1.29 is 44.2 Å². The van der Waals surface area contributed by atoms with Crippen molar-refractivity contribution in [2.24, 2.45) is 0 Å². The van der Waals surface area contributed by atoms with E-state index in [9.17, 15) is 30.0 Å². The van der Waals surface area contributed by atoms with Crippen molar-refractivity contribution in [3.05, 3.63) is 119 Å². The molecule has 53 heavy (non-hydrogen) atoms. The number of carbonyl (C=O) groups excluding carboxylic acids is 2. The van der Waals surface area contributed by atoms with Crippen LogP contribution in [0.2, 0.25) is 0 Å². The van der Waals surface area contributed by atoms with Gasteiger partial charge in [-0.1, -0.05) is 60.7 Å². The van der Waals surface area contributed by atoms with Gasteiger partial charge in [0.25, 0.3) is 11.8 Å². The highest BCUT2D eigenvalue weighted by Crippen LogP contribution is 2.48. The molecule has 12 nitrogen and oxygen atoms in total. The number of benzene rings is 5. The second-order valence-electron chi connectivity index (χ2n) is 13.5. The van der Waals surface area contributed by atoms with E-state index in [0.717, 1.165) is 16.0 Å². The standard InChI is InChI=1S/C41H35N3O9/c1-43-39(49)32-30-25-14-12-23(51-19-21-8-4-2-5-9-21)16-27(25)42-34(30)35-31(33(32)40(43)50)26-15-13-24(52-20-22-10-6-3-7-11-22)17-28(26)44(35)41-38(48)37(47)36(46)29(18-45)53-41/h2-17,29,36-38,41-42,45-48H,18-20H2,1H3/t29-,36-,37+,38-,41-/m1/s1. The average molecular weight is 714 g/mol. The van der Waals surface area contributed by atoms with Gasteiger partial charge in [0.15, 0.2) is 6.23 Å². The molecule has 268 valence electrons. The van der Waals surface area contributed by atoms with E-state index < -0.39 is 49.1 Å². The Kier molecular flexibility index (Phi) is 7.95. The molecule has 0 bridgehead atoms. The smallest absolute Gasteiger partial charge is 0.262 e. The zero-order chi connectivity index (χ0) is 36.5. The summed E-state index contributed by atoms with van der Waals surface area (Å²) in [7, 11) is 1.44. The highest BCUT2D eigenvalue weighted by molar-refractivity contribution is 6.39. The summed E-state index contributed by atoms with van der Waals surface area (Å²) in [6, 6.07) is 30.2. The van der Waals surface area contributed by atoms with Crippen LogP contribution in [-0.2, 0) is 18.0 Å². The molecular formula is C41H35N3O9. The zero-order valence-corrected chi connectivity index (χ0v) is 28.5. The summed E-state index contributed by atoms with van der Waals surface area (Å²) in [6.07, 6.45) is -7.50. The van der Waals surface area contributed by atoms with Crippen LogP contribution in [0.25, 0.3) is 43.6 Å². The second-order valence-corrected chi connectivity index (χ2v) is 13.5. The van der Waals surface area contributed by atoms with E-state index in [0.29, 0.717) is 61.7 Å². The molecule has 0 radical (unpaired) electrons. The van der Waals surface area contributed by atoms with E-state index in [1.165, 1.54) is 7.05 Å². The van der Waals surface area contributed by atoms with Crippen LogP contribution < -0.4 is 9.47 Å². The fraction of sp³-hybridized carbons (Fsp3) is 0.220. The average Bonchev–Trinajstić information content (AvgIpc) is 3.80. The molecule has 2 aromatic heterocycles. The lowest BCUT2D eigenvalue weighted by Crippen LogP contribution is -2.56. The van der Waals surface area contributed by atoms with Crippen LogP contribution in [0.5, 0.6) is 11.5 Å². The number of fused-ring (bicyclic) bond motifs is 10. The van der Waals surface area contributed by atoms with Gasteiger partial charge in [0.05, 0.1) is 39.8 Å². The number of aliphatic hydroxyl groups is 4. The molecule has 12 heteroatoms. The Morgan fingerprint density at radius 1 is 0.717 bits per heavy atom. The lowest BCUT2D eigenvalue weighted by molar-refractivity contribution is -0.249. The number of carbonyl (C=O) groups is 2. The van der Waals surface area contributed by atoms with Crippen molar-refractivity contribution in [1.29, 1.82) is 0 Å². The Balaban J connectivity index is 1.32. The van der Waals surface area contributed by atoms with E-state index in [-0.39, 0.29) is 17.7 Å². The number of aromatic nitrogens is 2. The van der Waals surface area contributed by atoms with Crippen LogP contribution in [0.4, 0.5) is 0 Å². The molecule has 0 saturated carbocycles. The number of nitrogens with one attached hydrogen (secondary N) is 1. The molecule has 5 atom stereocenters. The summed E-state index contributed by atoms with van der Waals surface area (Å²) >= 11 is 0. The van der Waals surface area contributed by atoms with Crippen LogP contribution in [0, 0.1) is 0 Å². The molecule has 1 fully saturated rings. The van der Waals surface area contributed by atoms with Crippen molar-refractivity contribution in [3.63, 3.8) is 0 Å². The summed E-state index contributed by atoms with van der Waals surface area (Å²) in [4.78, 5) is 32.6. The molecule has 2 aliphatic rings. The second kappa shape index (κ2) is 12.7. The number of ether oxygens (including phenoxy) is 3. The van der Waals surface area contributed by atoms with E-state index in [1.54, 1.807) is 22.8 Å². The maximum absolute atomic E-state index is 14.1. The Morgan fingerprint density at radius 2 is 1.30 bits per heavy atom. The number of nitrogens with zero attached hydrogens (tertiary/aromatic N) is 2. The highest BCUT2D eigenvalue weighted by atomic mass is 16.6. The van der Waals surface area contributed by atoms with Gasteiger partial charge in [0.1, 0.15) is 49.1 Å². The van der Waals surface area contributed by atoms with Gasteiger partial charge in [-0.3, -0.25) is 14.5 Å². The van der Waals surface area contributed by atoms with E-state index in [2.05, 4.69) is 4.98 Å². The normalized spacial score (nSPS) is 21.7. The molecule has 2 amide bonds. The molecule has 7 aromatic rings. The minimum Gasteiger partial charge on any atom is -0.489 e. The Hall–Kier alpha value is -5.76. The van der Waals surface area contributed by atoms with E-state index in [4.69, 9.17) is 14.2 Å². The third-order valence-corrected chi connectivity index (χ3v) is 10.4. The predicted octanol–water partition coefficient (Wildman–Crippen LogP) is 4.79. The summed E-state index contributed by atoms with van der Waals surface area (Å²) in [6.45, 7) is -0.0322. The van der Waals surface area contributed by atoms with E-state index in [1.807, 2.05) is 78.9 Å². The molecule has 5 aromatic carbocycles. The summed E-state index contributed by atoms with van der Waals surface area (Å²) < 4.78 is 20.2. The summed E-state index contributed by atoms with van der Waals surface area (Å²) in [5.41, 5.74) is 4.35. The minimum absolute atomic E-state index is 0.191. The van der Waals surface area contributed by atoms with Crippen molar-refractivity contribution in [2.75, 3.05) is 13.7 Å². The molecule has 4 heterocycles. The number of hydrogen-bond acceptors (Lipinski definition) is 9. The Morgan fingerprint density at radius 3 is 1.92 bits per heavy atom. The van der Waals surface area contributed by atoms with Gasteiger partial charge < -0.3 is 44.2 Å². The van der Waals surface area contributed by atoms with Crippen LogP contribution in [-0.4, -0.2) is 84.8 Å². The van der Waals surface area contributed by atoms with E-state index >= 15 is 0 Å². The first-order chi connectivity index (χ1) is 25.7. The van der Waals surface area contributed by atoms with Gasteiger partial charge in [-0.25, -0.2) is 0 Å². The third kappa shape index (κ3) is 5.18. The van der Waals surface area contributed by atoms with Crippen LogP contribution in [0.3, 0.4) is 0 Å². The molecule has 9 rings (SSSR count). The third-order valence-electron chi connectivity index (χ3n) is 10.4. The predicted molar refractivity (Wildman–Crippen MR) is 196 cm³/mol. The number of aliphatic hydroxyl groups excluding tert-OH is 4. The van der Waals surface area contributed by atoms with Gasteiger partial charge in [-0.05, 0) is 35.4 Å². The first kappa shape index (κ1) is 33.1. The van der Waals surface area contributed by atoms with Crippen LogP contribution in [0.15, 0.2) is 97.1 Å². The van der Waals surface area contributed by atoms with Crippen LogP contribution >= 0.6 is 0 Å². The fourth-order valence-corrected chi connectivity index (χ4v) is 7.73. The molecular weight excluding hydrogens is 678 g/mol. The van der Waals surface area contributed by atoms with Gasteiger partial charge in [-0.2, -0.15) is 0 Å². The summed E-state index contributed by atoms with van der Waals surface area (Å²) in [5.74, 6) is 0.0966. The molecule has 0 spiro atoms. The monoisotopic (exact) mass is 713 g/mol. The van der Waals surface area contributed by atoms with Gasteiger partial charge in [-0.15, -0.1) is 0 Å². The van der Waals surface area contributed by atoms with Gasteiger partial charge in [0.2, 0.25) is 0 Å². The van der Waals surface area contributed by atoms with Gasteiger partial charge in [0, 0.05) is 40.7 Å². The molecule has 0 aliphatic carbocycles. The number of rotatable bonds is 8. The highest BCUT2D eigenvalue weighted by Gasteiger charge is 2.46. The SMILES string of the molecule is CN1C(=O)c2c(c3c4ccc(OCc5ccccc5)cc4n([C@@H]4O[C@H](CO)[C@@H](O)[C@H](O)[C@H]4O)c3c3[nH]c4cc(OCc5ccccc5)ccc4c23)C1=O. The molecule has 0 unspecified atom stereocenters. The first-order valence-corrected chi connectivity index (χ1v) is 17.3. The molecule has 1 saturated heterocycles. The first-order valence-electron chi connectivity index (χ1n) is 17.3. The molecule has 5 N–H and O–H groups in total. The zero-order valence-electron chi connectivity index (χ0n) is 28.5. The largest absolute Gasteiger partial charge is 0.489 e. The topological polar surface area (TPSA) is 167 Å².